The van der Waals surface area contributed by atoms with E-state index in [1.165, 1.54) is 6.07 Å². The summed E-state index contributed by atoms with van der Waals surface area (Å²) in [6.07, 6.45) is -0.990. The lowest BCUT2D eigenvalue weighted by atomic mass is 9.91. The molecule has 2 fully saturated rings. The summed E-state index contributed by atoms with van der Waals surface area (Å²) in [4.78, 5) is 21.0. The smallest absolute Gasteiger partial charge is 0.280 e. The highest BCUT2D eigenvalue weighted by molar-refractivity contribution is 5.76. The van der Waals surface area contributed by atoms with Gasteiger partial charge in [-0.25, -0.2) is 8.78 Å². The van der Waals surface area contributed by atoms with E-state index in [1.54, 1.807) is 4.90 Å². The lowest BCUT2D eigenvalue weighted by Crippen LogP contribution is -2.48. The number of piperazine rings is 1. The number of hydrogen-bond acceptors (Lipinski definition) is 6. The first-order valence-electron chi connectivity index (χ1n) is 11.1. The molecular formula is C23H26F2N6O2. The molecule has 1 saturated carbocycles. The predicted molar refractivity (Wildman–Crippen MR) is 116 cm³/mol. The van der Waals surface area contributed by atoms with Crippen molar-refractivity contribution in [3.63, 3.8) is 0 Å². The van der Waals surface area contributed by atoms with Crippen LogP contribution >= 0.6 is 0 Å². The van der Waals surface area contributed by atoms with Gasteiger partial charge in [-0.05, 0) is 44.0 Å². The van der Waals surface area contributed by atoms with Crippen LogP contribution in [0, 0.1) is 6.92 Å². The van der Waals surface area contributed by atoms with Crippen molar-refractivity contribution in [1.82, 2.24) is 29.7 Å². The first kappa shape index (κ1) is 21.7. The molecule has 0 N–H and O–H groups in total. The van der Waals surface area contributed by atoms with Gasteiger partial charge in [0.1, 0.15) is 12.2 Å². The number of nitrogens with zero attached hydrogens (tertiary/aromatic N) is 6. The van der Waals surface area contributed by atoms with E-state index in [0.29, 0.717) is 18.9 Å². The highest BCUT2D eigenvalue weighted by Crippen LogP contribution is 2.53. The van der Waals surface area contributed by atoms with Gasteiger partial charge in [-0.2, -0.15) is 10.1 Å². The summed E-state index contributed by atoms with van der Waals surface area (Å²) in [5, 5.41) is 8.41. The molecule has 5 rings (SSSR count). The number of benzene rings is 1. The fourth-order valence-electron chi connectivity index (χ4n) is 4.49. The van der Waals surface area contributed by atoms with Crippen molar-refractivity contribution in [3.8, 4) is 11.6 Å². The zero-order valence-electron chi connectivity index (χ0n) is 18.7. The molecule has 1 saturated heterocycles. The van der Waals surface area contributed by atoms with Crippen molar-refractivity contribution in [2.45, 2.75) is 38.2 Å². The number of likely N-dealkylation sites (N-methyl/N-ethyl adjacent to an activating group) is 1. The Hall–Kier alpha value is -3.14. The third-order valence-corrected chi connectivity index (χ3v) is 6.66. The molecule has 2 aliphatic rings. The van der Waals surface area contributed by atoms with Crippen LogP contribution in [0.15, 0.2) is 34.9 Å². The van der Waals surface area contributed by atoms with Gasteiger partial charge in [0.05, 0.1) is 5.41 Å². The molecule has 1 aromatic carbocycles. The molecule has 10 heteroatoms. The zero-order chi connectivity index (χ0) is 23.2. The molecule has 0 bridgehead atoms. The van der Waals surface area contributed by atoms with Crippen molar-refractivity contribution < 1.29 is 18.1 Å². The standard InChI is InChI=1S/C23H26F2N6O2/c1-15-5-3-4-6-16(15)23(7-8-23)22-26-21(33-28-22)17-13-18(20(24)25)31(27-17)14-19(32)30-11-9-29(2)10-12-30/h3-6,13,20H,7-12,14H2,1-2H3. The summed E-state index contributed by atoms with van der Waals surface area (Å²) in [7, 11) is 1.99. The lowest BCUT2D eigenvalue weighted by Gasteiger charge is -2.32. The SMILES string of the molecule is Cc1ccccc1C1(c2noc(-c3cc(C(F)F)n(CC(=O)N4CCN(C)CC4)n3)n2)CC1. The molecule has 33 heavy (non-hydrogen) atoms. The first-order chi connectivity index (χ1) is 15.9. The summed E-state index contributed by atoms with van der Waals surface area (Å²) in [6.45, 7) is 4.45. The van der Waals surface area contributed by atoms with Gasteiger partial charge in [-0.15, -0.1) is 0 Å². The number of aryl methyl sites for hydroxylation is 1. The van der Waals surface area contributed by atoms with Crippen molar-refractivity contribution in [1.29, 1.82) is 0 Å². The van der Waals surface area contributed by atoms with Crippen molar-refractivity contribution >= 4 is 5.91 Å². The van der Waals surface area contributed by atoms with E-state index in [4.69, 9.17) is 4.52 Å². The van der Waals surface area contributed by atoms with Crippen molar-refractivity contribution in [2.75, 3.05) is 33.2 Å². The topological polar surface area (TPSA) is 80.3 Å². The van der Waals surface area contributed by atoms with Crippen LogP contribution in [-0.4, -0.2) is 68.9 Å². The Kier molecular flexibility index (Phi) is 5.48. The minimum absolute atomic E-state index is 0.0811. The maximum Gasteiger partial charge on any atom is 0.280 e. The van der Waals surface area contributed by atoms with E-state index in [0.717, 1.165) is 41.7 Å². The van der Waals surface area contributed by atoms with Crippen LogP contribution in [0.5, 0.6) is 0 Å². The molecule has 0 unspecified atom stereocenters. The predicted octanol–water partition coefficient (Wildman–Crippen LogP) is 3.03. The summed E-state index contributed by atoms with van der Waals surface area (Å²) >= 11 is 0. The fraction of sp³-hybridized carbons (Fsp3) is 0.478. The number of rotatable bonds is 6. The maximum absolute atomic E-state index is 13.7. The third-order valence-electron chi connectivity index (χ3n) is 6.66. The van der Waals surface area contributed by atoms with Crippen LogP contribution in [0.2, 0.25) is 0 Å². The van der Waals surface area contributed by atoms with E-state index in [2.05, 4.69) is 26.2 Å². The Morgan fingerprint density at radius 2 is 1.91 bits per heavy atom. The van der Waals surface area contributed by atoms with Crippen LogP contribution < -0.4 is 0 Å². The molecule has 0 atom stereocenters. The molecule has 8 nitrogen and oxygen atoms in total. The average Bonchev–Trinajstić information content (AvgIpc) is 3.24. The Labute approximate surface area is 190 Å². The van der Waals surface area contributed by atoms with Gasteiger partial charge >= 0.3 is 0 Å². The Balaban J connectivity index is 1.39. The number of alkyl halides is 2. The van der Waals surface area contributed by atoms with E-state index in [-0.39, 0.29) is 35.1 Å². The van der Waals surface area contributed by atoms with Crippen LogP contribution in [0.25, 0.3) is 11.6 Å². The molecule has 3 heterocycles. The summed E-state index contributed by atoms with van der Waals surface area (Å²) < 4.78 is 33.9. The number of carbonyl (C=O) groups excluding carboxylic acids is 1. The van der Waals surface area contributed by atoms with E-state index < -0.39 is 6.43 Å². The number of hydrogen-bond donors (Lipinski definition) is 0. The second kappa shape index (κ2) is 8.33. The Morgan fingerprint density at radius 1 is 1.18 bits per heavy atom. The van der Waals surface area contributed by atoms with Gasteiger partial charge in [0.2, 0.25) is 5.91 Å². The van der Waals surface area contributed by atoms with Crippen LogP contribution in [0.3, 0.4) is 0 Å². The molecular weight excluding hydrogens is 430 g/mol. The minimum Gasteiger partial charge on any atom is -0.339 e. The molecule has 3 aromatic rings. The zero-order valence-corrected chi connectivity index (χ0v) is 18.7. The highest BCUT2D eigenvalue weighted by atomic mass is 19.3. The van der Waals surface area contributed by atoms with Crippen molar-refractivity contribution in [3.05, 3.63) is 53.0 Å². The maximum atomic E-state index is 13.7. The van der Waals surface area contributed by atoms with Crippen LogP contribution in [-0.2, 0) is 16.8 Å². The summed E-state index contributed by atoms with van der Waals surface area (Å²) in [5.41, 5.74) is 1.79. The molecule has 2 aromatic heterocycles. The van der Waals surface area contributed by atoms with Crippen LogP contribution in [0.1, 0.15) is 41.9 Å². The minimum atomic E-state index is -2.78. The number of carbonyl (C=O) groups is 1. The summed E-state index contributed by atoms with van der Waals surface area (Å²) in [5.74, 6) is 0.383. The normalized spacial score (nSPS) is 18.2. The van der Waals surface area contributed by atoms with E-state index >= 15 is 0 Å². The van der Waals surface area contributed by atoms with Gasteiger partial charge in [0, 0.05) is 26.2 Å². The lowest BCUT2D eigenvalue weighted by molar-refractivity contribution is -0.133. The van der Waals surface area contributed by atoms with Crippen LogP contribution in [0.4, 0.5) is 8.78 Å². The van der Waals surface area contributed by atoms with Gasteiger partial charge < -0.3 is 14.3 Å². The second-order valence-electron chi connectivity index (χ2n) is 8.92. The highest BCUT2D eigenvalue weighted by Gasteiger charge is 2.50. The van der Waals surface area contributed by atoms with Gasteiger partial charge in [-0.1, -0.05) is 29.4 Å². The molecule has 0 radical (unpaired) electrons. The average molecular weight is 456 g/mol. The van der Waals surface area contributed by atoms with Gasteiger partial charge in [0.25, 0.3) is 12.3 Å². The van der Waals surface area contributed by atoms with Gasteiger partial charge in [-0.3, -0.25) is 9.48 Å². The largest absolute Gasteiger partial charge is 0.339 e. The number of halogens is 2. The summed E-state index contributed by atoms with van der Waals surface area (Å²) in [6, 6.07) is 9.30. The first-order valence-corrected chi connectivity index (χ1v) is 11.1. The Morgan fingerprint density at radius 3 is 2.58 bits per heavy atom. The number of amides is 1. The van der Waals surface area contributed by atoms with Gasteiger partial charge in [0.15, 0.2) is 11.5 Å². The third kappa shape index (κ3) is 4.03. The monoisotopic (exact) mass is 456 g/mol. The molecule has 0 spiro atoms. The number of aromatic nitrogens is 4. The molecule has 1 amide bonds. The van der Waals surface area contributed by atoms with E-state index in [9.17, 15) is 13.6 Å². The molecule has 1 aliphatic carbocycles. The molecule has 174 valence electrons. The molecule has 1 aliphatic heterocycles. The quantitative estimate of drug-likeness (QED) is 0.567. The van der Waals surface area contributed by atoms with Crippen molar-refractivity contribution in [2.24, 2.45) is 0 Å². The van der Waals surface area contributed by atoms with E-state index in [1.807, 2.05) is 32.2 Å². The second-order valence-corrected chi connectivity index (χ2v) is 8.92. The Bertz CT molecular complexity index is 1160. The fourth-order valence-corrected chi connectivity index (χ4v) is 4.49.